The van der Waals surface area contributed by atoms with Gasteiger partial charge in [0.1, 0.15) is 6.10 Å². The van der Waals surface area contributed by atoms with Crippen molar-refractivity contribution >= 4 is 5.97 Å². The van der Waals surface area contributed by atoms with E-state index in [1.165, 1.54) is 51.4 Å². The van der Waals surface area contributed by atoms with Crippen molar-refractivity contribution in [1.29, 1.82) is 0 Å². The van der Waals surface area contributed by atoms with Crippen LogP contribution in [0.25, 0.3) is 0 Å². The standard InChI is InChI=1S/C28H44O2/c1-8-18(2)20-11-13-26(7)22-10-9-21-24(4,5)23(30-19(3)29)12-14-27(21)17-28(22,27)16-15-25(20,26)6/h8,18,20-23H,1,9-17H2,2-7H3/t18-,20?,21?,22?,23+,25-,26+,27-,28+/m1/s1. The molecule has 0 radical (unpaired) electrons. The molecule has 0 aromatic carbocycles. The van der Waals surface area contributed by atoms with Crippen molar-refractivity contribution in [2.45, 2.75) is 105 Å². The highest BCUT2D eigenvalue weighted by Crippen LogP contribution is 2.89. The lowest BCUT2D eigenvalue weighted by Gasteiger charge is -2.63. The first-order chi connectivity index (χ1) is 14.0. The quantitative estimate of drug-likeness (QED) is 0.362. The van der Waals surface area contributed by atoms with Crippen LogP contribution in [-0.2, 0) is 9.53 Å². The number of carbonyl (C=O) groups is 1. The number of carbonyl (C=O) groups excluding carboxylic acids is 1. The van der Waals surface area contributed by atoms with Crippen molar-refractivity contribution in [3.05, 3.63) is 12.7 Å². The van der Waals surface area contributed by atoms with Gasteiger partial charge in [0.2, 0.25) is 0 Å². The van der Waals surface area contributed by atoms with Gasteiger partial charge >= 0.3 is 5.97 Å². The Hall–Kier alpha value is -0.790. The molecule has 5 saturated carbocycles. The van der Waals surface area contributed by atoms with Crippen LogP contribution >= 0.6 is 0 Å². The van der Waals surface area contributed by atoms with Crippen LogP contribution in [0.2, 0.25) is 0 Å². The van der Waals surface area contributed by atoms with Crippen LogP contribution in [0.3, 0.4) is 0 Å². The number of rotatable bonds is 3. The molecule has 5 aliphatic carbocycles. The van der Waals surface area contributed by atoms with E-state index in [1.807, 2.05) is 0 Å². The summed E-state index contributed by atoms with van der Waals surface area (Å²) in [7, 11) is 0. The molecule has 0 heterocycles. The molecule has 30 heavy (non-hydrogen) atoms. The average Bonchev–Trinajstić information content (AvgIpc) is 3.26. The van der Waals surface area contributed by atoms with Crippen molar-refractivity contribution in [2.24, 2.45) is 50.7 Å². The molecule has 0 amide bonds. The number of hydrogen-bond acceptors (Lipinski definition) is 2. The molecule has 3 unspecified atom stereocenters. The molecule has 5 rings (SSSR count). The highest BCUT2D eigenvalue weighted by Gasteiger charge is 2.82. The summed E-state index contributed by atoms with van der Waals surface area (Å²) in [6.45, 7) is 18.3. The van der Waals surface area contributed by atoms with E-state index in [2.05, 4.69) is 47.3 Å². The average molecular weight is 413 g/mol. The van der Waals surface area contributed by atoms with Crippen LogP contribution in [0, 0.1) is 50.7 Å². The predicted molar refractivity (Wildman–Crippen MR) is 122 cm³/mol. The molecule has 9 atom stereocenters. The molecule has 0 aliphatic heterocycles. The lowest BCUT2D eigenvalue weighted by atomic mass is 9.42. The van der Waals surface area contributed by atoms with Gasteiger partial charge in [0, 0.05) is 12.3 Å². The van der Waals surface area contributed by atoms with E-state index in [-0.39, 0.29) is 17.5 Å². The minimum Gasteiger partial charge on any atom is -0.462 e. The van der Waals surface area contributed by atoms with Crippen molar-refractivity contribution in [3.8, 4) is 0 Å². The second-order valence-electron chi connectivity index (χ2n) is 13.2. The zero-order valence-electron chi connectivity index (χ0n) is 20.4. The third-order valence-corrected chi connectivity index (χ3v) is 12.4. The first-order valence-electron chi connectivity index (χ1n) is 12.8. The lowest BCUT2D eigenvalue weighted by molar-refractivity contribution is -0.181. The summed E-state index contributed by atoms with van der Waals surface area (Å²) < 4.78 is 5.86. The molecule has 2 nitrogen and oxygen atoms in total. The maximum atomic E-state index is 11.8. The van der Waals surface area contributed by atoms with E-state index in [0.29, 0.717) is 27.6 Å². The number of ether oxygens (including phenoxy) is 1. The molecule has 0 aromatic rings. The Morgan fingerprint density at radius 2 is 1.60 bits per heavy atom. The Kier molecular flexibility index (Phi) is 4.33. The van der Waals surface area contributed by atoms with E-state index in [0.717, 1.165) is 24.2 Å². The first-order valence-corrected chi connectivity index (χ1v) is 12.8. The smallest absolute Gasteiger partial charge is 0.302 e. The zero-order chi connectivity index (χ0) is 21.7. The second-order valence-corrected chi connectivity index (χ2v) is 13.2. The highest BCUT2D eigenvalue weighted by atomic mass is 16.5. The van der Waals surface area contributed by atoms with Crippen LogP contribution in [0.15, 0.2) is 12.7 Å². The molecule has 2 heteroatoms. The summed E-state index contributed by atoms with van der Waals surface area (Å²) in [5.41, 5.74) is 2.17. The predicted octanol–water partition coefficient (Wildman–Crippen LogP) is 7.18. The Labute approximate surface area is 184 Å². The molecule has 0 bridgehead atoms. The van der Waals surface area contributed by atoms with Crippen molar-refractivity contribution < 1.29 is 9.53 Å². The Morgan fingerprint density at radius 3 is 2.27 bits per heavy atom. The summed E-state index contributed by atoms with van der Waals surface area (Å²) >= 11 is 0. The van der Waals surface area contributed by atoms with Gasteiger partial charge < -0.3 is 4.74 Å². The van der Waals surface area contributed by atoms with E-state index in [1.54, 1.807) is 6.92 Å². The van der Waals surface area contributed by atoms with E-state index in [9.17, 15) is 4.79 Å². The fourth-order valence-electron chi connectivity index (χ4n) is 10.8. The van der Waals surface area contributed by atoms with Gasteiger partial charge in [0.25, 0.3) is 0 Å². The van der Waals surface area contributed by atoms with Crippen LogP contribution in [0.4, 0.5) is 0 Å². The van der Waals surface area contributed by atoms with Gasteiger partial charge in [-0.15, -0.1) is 6.58 Å². The lowest BCUT2D eigenvalue weighted by Crippen LogP contribution is -2.58. The third kappa shape index (κ3) is 2.25. The minimum absolute atomic E-state index is 0.0995. The largest absolute Gasteiger partial charge is 0.462 e. The molecule has 5 fully saturated rings. The number of hydrogen-bond donors (Lipinski definition) is 0. The van der Waals surface area contributed by atoms with Gasteiger partial charge in [-0.1, -0.05) is 40.7 Å². The Bertz CT molecular complexity index is 769. The number of fused-ring (bicyclic) bond motifs is 2. The van der Waals surface area contributed by atoms with Gasteiger partial charge in [-0.2, -0.15) is 0 Å². The second kappa shape index (κ2) is 6.16. The van der Waals surface area contributed by atoms with Crippen LogP contribution in [-0.4, -0.2) is 12.1 Å². The number of esters is 1. The summed E-state index contributed by atoms with van der Waals surface area (Å²) in [6, 6.07) is 0. The molecule has 0 aromatic heterocycles. The summed E-state index contributed by atoms with van der Waals surface area (Å²) in [5, 5.41) is 0. The highest BCUT2D eigenvalue weighted by molar-refractivity contribution is 5.66. The van der Waals surface area contributed by atoms with Gasteiger partial charge in [0.15, 0.2) is 0 Å². The van der Waals surface area contributed by atoms with Crippen LogP contribution < -0.4 is 0 Å². The monoisotopic (exact) mass is 412 g/mol. The minimum atomic E-state index is -0.0995. The third-order valence-electron chi connectivity index (χ3n) is 12.4. The van der Waals surface area contributed by atoms with E-state index in [4.69, 9.17) is 4.74 Å². The van der Waals surface area contributed by atoms with E-state index >= 15 is 0 Å². The van der Waals surface area contributed by atoms with Gasteiger partial charge in [0.05, 0.1) is 0 Å². The van der Waals surface area contributed by atoms with Gasteiger partial charge in [-0.3, -0.25) is 4.79 Å². The topological polar surface area (TPSA) is 26.3 Å². The molecular weight excluding hydrogens is 368 g/mol. The molecule has 5 aliphatic rings. The van der Waals surface area contributed by atoms with Gasteiger partial charge in [-0.25, -0.2) is 0 Å². The van der Waals surface area contributed by atoms with Crippen LogP contribution in [0.1, 0.15) is 99.3 Å². The van der Waals surface area contributed by atoms with Crippen molar-refractivity contribution in [2.75, 3.05) is 0 Å². The normalized spacial score (nSPS) is 54.1. The molecule has 168 valence electrons. The summed E-state index contributed by atoms with van der Waals surface area (Å²) in [4.78, 5) is 11.8. The Balaban J connectivity index is 1.47. The SMILES string of the molecule is C=C[C@@H](C)C1CC[C@@]2(C)C3CCC4C(C)(C)[C@@H](OC(C)=O)CC[C@@]45C[C@@]35CC[C@]12C. The van der Waals surface area contributed by atoms with E-state index < -0.39 is 0 Å². The van der Waals surface area contributed by atoms with Gasteiger partial charge in [-0.05, 0) is 103 Å². The number of allylic oxidation sites excluding steroid dienone is 1. The molecule has 0 saturated heterocycles. The molecular formula is C28H44O2. The fourth-order valence-corrected chi connectivity index (χ4v) is 10.8. The van der Waals surface area contributed by atoms with Crippen LogP contribution in [0.5, 0.6) is 0 Å². The zero-order valence-corrected chi connectivity index (χ0v) is 20.4. The maximum Gasteiger partial charge on any atom is 0.302 e. The molecule has 0 N–H and O–H groups in total. The van der Waals surface area contributed by atoms with Crippen molar-refractivity contribution in [1.82, 2.24) is 0 Å². The summed E-state index contributed by atoms with van der Waals surface area (Å²) in [5.74, 6) is 2.95. The van der Waals surface area contributed by atoms with Crippen molar-refractivity contribution in [3.63, 3.8) is 0 Å². The maximum absolute atomic E-state index is 11.8. The molecule has 2 spiro atoms. The first kappa shape index (κ1) is 21.1. The summed E-state index contributed by atoms with van der Waals surface area (Å²) in [6.07, 6.45) is 14.5. The Morgan fingerprint density at radius 1 is 0.933 bits per heavy atom. The fraction of sp³-hybridized carbons (Fsp3) is 0.893.